The van der Waals surface area contributed by atoms with E-state index in [1.165, 1.54) is 0 Å². The van der Waals surface area contributed by atoms with Crippen LogP contribution in [-0.2, 0) is 10.2 Å². The molecule has 0 radical (unpaired) electrons. The van der Waals surface area contributed by atoms with Gasteiger partial charge in [0.25, 0.3) is 10.2 Å². The minimum atomic E-state index is -3.23. The predicted octanol–water partition coefficient (Wildman–Crippen LogP) is 1.67. The van der Waals surface area contributed by atoms with Gasteiger partial charge >= 0.3 is 0 Å². The molecule has 2 unspecified atom stereocenters. The van der Waals surface area contributed by atoms with Gasteiger partial charge in [0, 0.05) is 26.2 Å². The highest BCUT2D eigenvalue weighted by molar-refractivity contribution is 7.86. The SMILES string of the molecule is CCCC1CCN(S(=O)(=O)N2CCCC(CNCC)C2)C1. The molecule has 21 heavy (non-hydrogen) atoms. The zero-order chi connectivity index (χ0) is 15.3. The maximum absolute atomic E-state index is 12.8. The van der Waals surface area contributed by atoms with E-state index in [2.05, 4.69) is 19.2 Å². The fourth-order valence-corrected chi connectivity index (χ4v) is 5.39. The molecule has 0 spiro atoms. The number of nitrogens with zero attached hydrogens (tertiary/aromatic N) is 2. The van der Waals surface area contributed by atoms with Crippen molar-refractivity contribution >= 4 is 10.2 Å². The molecule has 2 aliphatic heterocycles. The van der Waals surface area contributed by atoms with Gasteiger partial charge in [-0.15, -0.1) is 0 Å². The summed E-state index contributed by atoms with van der Waals surface area (Å²) < 4.78 is 29.0. The van der Waals surface area contributed by atoms with Crippen LogP contribution in [0.25, 0.3) is 0 Å². The smallest absolute Gasteiger partial charge is 0.281 e. The minimum Gasteiger partial charge on any atom is -0.317 e. The summed E-state index contributed by atoms with van der Waals surface area (Å²) in [6, 6.07) is 0. The number of piperidine rings is 1. The Morgan fingerprint density at radius 1 is 1.05 bits per heavy atom. The van der Waals surface area contributed by atoms with Crippen molar-refractivity contribution in [3.63, 3.8) is 0 Å². The molecule has 1 N–H and O–H groups in total. The second-order valence-corrected chi connectivity index (χ2v) is 8.41. The van der Waals surface area contributed by atoms with Crippen molar-refractivity contribution < 1.29 is 8.42 Å². The first-order chi connectivity index (χ1) is 10.1. The molecular weight excluding hydrogens is 286 g/mol. The van der Waals surface area contributed by atoms with Crippen LogP contribution in [0.1, 0.15) is 46.0 Å². The van der Waals surface area contributed by atoms with Crippen molar-refractivity contribution in [3.05, 3.63) is 0 Å². The predicted molar refractivity (Wildman–Crippen MR) is 86.3 cm³/mol. The average Bonchev–Trinajstić information content (AvgIpc) is 2.95. The van der Waals surface area contributed by atoms with Crippen LogP contribution in [0.2, 0.25) is 0 Å². The number of nitrogens with one attached hydrogen (secondary N) is 1. The van der Waals surface area contributed by atoms with Gasteiger partial charge in [-0.05, 0) is 50.6 Å². The summed E-state index contributed by atoms with van der Waals surface area (Å²) in [5.74, 6) is 1.02. The molecule has 0 amide bonds. The quantitative estimate of drug-likeness (QED) is 0.777. The maximum atomic E-state index is 12.8. The lowest BCUT2D eigenvalue weighted by molar-refractivity contribution is 0.246. The van der Waals surface area contributed by atoms with E-state index >= 15 is 0 Å². The third kappa shape index (κ3) is 4.41. The molecule has 124 valence electrons. The van der Waals surface area contributed by atoms with E-state index in [1.54, 1.807) is 8.61 Å². The van der Waals surface area contributed by atoms with E-state index in [0.29, 0.717) is 31.5 Å². The zero-order valence-corrected chi connectivity index (χ0v) is 14.4. The first-order valence-electron chi connectivity index (χ1n) is 8.53. The molecule has 2 saturated heterocycles. The van der Waals surface area contributed by atoms with Gasteiger partial charge in [-0.25, -0.2) is 0 Å². The molecule has 0 aromatic carbocycles. The van der Waals surface area contributed by atoms with Crippen molar-refractivity contribution in [2.45, 2.75) is 46.0 Å². The van der Waals surface area contributed by atoms with Crippen LogP contribution in [-0.4, -0.2) is 56.3 Å². The molecule has 2 fully saturated rings. The second kappa shape index (κ2) is 7.90. The maximum Gasteiger partial charge on any atom is 0.281 e. The van der Waals surface area contributed by atoms with Crippen molar-refractivity contribution in [1.29, 1.82) is 0 Å². The highest BCUT2D eigenvalue weighted by Gasteiger charge is 2.37. The van der Waals surface area contributed by atoms with Gasteiger partial charge < -0.3 is 5.32 Å². The third-order valence-corrected chi connectivity index (χ3v) is 6.73. The molecule has 0 aromatic rings. The summed E-state index contributed by atoms with van der Waals surface area (Å²) in [4.78, 5) is 0. The Balaban J connectivity index is 1.92. The van der Waals surface area contributed by atoms with Crippen LogP contribution in [0.3, 0.4) is 0 Å². The van der Waals surface area contributed by atoms with Crippen LogP contribution in [0.15, 0.2) is 0 Å². The number of hydrogen-bond acceptors (Lipinski definition) is 3. The standard InChI is InChI=1S/C15H31N3O2S/c1-3-6-14-8-10-18(12-14)21(19,20)17-9-5-7-15(13-17)11-16-4-2/h14-16H,3-13H2,1-2H3. The van der Waals surface area contributed by atoms with Crippen molar-refractivity contribution in [1.82, 2.24) is 13.9 Å². The summed E-state index contributed by atoms with van der Waals surface area (Å²) in [5, 5.41) is 3.35. The molecule has 2 aliphatic rings. The lowest BCUT2D eigenvalue weighted by Crippen LogP contribution is -2.48. The van der Waals surface area contributed by atoms with E-state index < -0.39 is 10.2 Å². The van der Waals surface area contributed by atoms with Gasteiger partial charge in [-0.2, -0.15) is 17.0 Å². The lowest BCUT2D eigenvalue weighted by atomic mass is 10.00. The second-order valence-electron chi connectivity index (χ2n) is 6.48. The Morgan fingerprint density at radius 2 is 1.76 bits per heavy atom. The monoisotopic (exact) mass is 317 g/mol. The molecule has 2 rings (SSSR count). The molecule has 5 nitrogen and oxygen atoms in total. The van der Waals surface area contributed by atoms with Gasteiger partial charge in [0.2, 0.25) is 0 Å². The van der Waals surface area contributed by atoms with Crippen molar-refractivity contribution in [2.24, 2.45) is 11.8 Å². The zero-order valence-electron chi connectivity index (χ0n) is 13.6. The van der Waals surface area contributed by atoms with Crippen molar-refractivity contribution in [2.75, 3.05) is 39.3 Å². The van der Waals surface area contributed by atoms with Gasteiger partial charge in [0.15, 0.2) is 0 Å². The molecule has 6 heteroatoms. The molecule has 2 heterocycles. The Labute approximate surface area is 130 Å². The van der Waals surface area contributed by atoms with E-state index in [1.807, 2.05) is 0 Å². The summed E-state index contributed by atoms with van der Waals surface area (Å²) in [6.07, 6.45) is 5.45. The topological polar surface area (TPSA) is 52.7 Å². The van der Waals surface area contributed by atoms with E-state index in [0.717, 1.165) is 51.7 Å². The Hall–Kier alpha value is -0.170. The first kappa shape index (κ1) is 17.2. The van der Waals surface area contributed by atoms with Gasteiger partial charge in [0.05, 0.1) is 0 Å². The molecular formula is C15H31N3O2S. The van der Waals surface area contributed by atoms with E-state index in [9.17, 15) is 8.42 Å². The van der Waals surface area contributed by atoms with E-state index in [-0.39, 0.29) is 0 Å². The van der Waals surface area contributed by atoms with E-state index in [4.69, 9.17) is 0 Å². The van der Waals surface area contributed by atoms with Gasteiger partial charge in [-0.1, -0.05) is 20.3 Å². The number of hydrogen-bond donors (Lipinski definition) is 1. The van der Waals surface area contributed by atoms with Crippen LogP contribution in [0.5, 0.6) is 0 Å². The lowest BCUT2D eigenvalue weighted by Gasteiger charge is -2.34. The summed E-state index contributed by atoms with van der Waals surface area (Å²) in [6.45, 7) is 8.97. The largest absolute Gasteiger partial charge is 0.317 e. The fraction of sp³-hybridized carbons (Fsp3) is 1.00. The highest BCUT2D eigenvalue weighted by Crippen LogP contribution is 2.27. The summed E-state index contributed by atoms with van der Waals surface area (Å²) >= 11 is 0. The molecule has 2 atom stereocenters. The fourth-order valence-electron chi connectivity index (χ4n) is 3.57. The number of rotatable bonds is 7. The van der Waals surface area contributed by atoms with Crippen LogP contribution in [0.4, 0.5) is 0 Å². The average molecular weight is 317 g/mol. The van der Waals surface area contributed by atoms with Crippen LogP contribution < -0.4 is 5.32 Å². The molecule has 0 bridgehead atoms. The molecule has 0 saturated carbocycles. The van der Waals surface area contributed by atoms with Gasteiger partial charge in [-0.3, -0.25) is 0 Å². The minimum absolute atomic E-state index is 0.461. The first-order valence-corrected chi connectivity index (χ1v) is 9.93. The Bertz CT molecular complexity index is 413. The normalized spacial score (nSPS) is 29.0. The molecule has 0 aliphatic carbocycles. The Morgan fingerprint density at radius 3 is 2.48 bits per heavy atom. The van der Waals surface area contributed by atoms with Crippen LogP contribution >= 0.6 is 0 Å². The van der Waals surface area contributed by atoms with Crippen LogP contribution in [0, 0.1) is 11.8 Å². The molecule has 0 aromatic heterocycles. The van der Waals surface area contributed by atoms with Gasteiger partial charge in [0.1, 0.15) is 0 Å². The third-order valence-electron chi connectivity index (χ3n) is 4.76. The summed E-state index contributed by atoms with van der Waals surface area (Å²) in [5.41, 5.74) is 0. The Kier molecular flexibility index (Phi) is 6.47. The van der Waals surface area contributed by atoms with Crippen molar-refractivity contribution in [3.8, 4) is 0 Å². The summed E-state index contributed by atoms with van der Waals surface area (Å²) in [7, 11) is -3.23. The highest BCUT2D eigenvalue weighted by atomic mass is 32.2.